The van der Waals surface area contributed by atoms with E-state index < -0.39 is 0 Å². The summed E-state index contributed by atoms with van der Waals surface area (Å²) in [6.07, 6.45) is 1.62. The Morgan fingerprint density at radius 2 is 2.00 bits per heavy atom. The van der Waals surface area contributed by atoms with Gasteiger partial charge >= 0.3 is 0 Å². The van der Waals surface area contributed by atoms with Crippen LogP contribution in [0.3, 0.4) is 0 Å². The minimum Gasteiger partial charge on any atom is -0.383 e. The summed E-state index contributed by atoms with van der Waals surface area (Å²) in [5, 5.41) is 2.70. The van der Waals surface area contributed by atoms with Gasteiger partial charge in [0.25, 0.3) is 0 Å². The summed E-state index contributed by atoms with van der Waals surface area (Å²) < 4.78 is 10.4. The van der Waals surface area contributed by atoms with E-state index in [1.54, 1.807) is 7.11 Å². The SMILES string of the molecule is CCC(CC)(CN)OCC(=O)NCCOC. The molecule has 0 saturated carbocycles. The lowest BCUT2D eigenvalue weighted by atomic mass is 9.97. The zero-order valence-electron chi connectivity index (χ0n) is 10.5. The number of hydrogen-bond acceptors (Lipinski definition) is 4. The van der Waals surface area contributed by atoms with Crippen LogP contribution in [0.1, 0.15) is 26.7 Å². The van der Waals surface area contributed by atoms with Crippen molar-refractivity contribution in [2.45, 2.75) is 32.3 Å². The van der Waals surface area contributed by atoms with Crippen LogP contribution in [0, 0.1) is 0 Å². The van der Waals surface area contributed by atoms with Crippen LogP contribution >= 0.6 is 0 Å². The van der Waals surface area contributed by atoms with Crippen LogP contribution in [-0.2, 0) is 14.3 Å². The van der Waals surface area contributed by atoms with E-state index in [2.05, 4.69) is 5.32 Å². The fourth-order valence-electron chi connectivity index (χ4n) is 1.36. The van der Waals surface area contributed by atoms with E-state index in [1.807, 2.05) is 13.8 Å². The predicted octanol–water partition coefficient (Wildman–Crippen LogP) is 0.283. The number of ether oxygens (including phenoxy) is 2. The summed E-state index contributed by atoms with van der Waals surface area (Å²) >= 11 is 0. The van der Waals surface area contributed by atoms with Crippen molar-refractivity contribution in [3.8, 4) is 0 Å². The van der Waals surface area contributed by atoms with Crippen molar-refractivity contribution >= 4 is 5.91 Å². The summed E-state index contributed by atoms with van der Waals surface area (Å²) in [6.45, 7) is 5.54. The van der Waals surface area contributed by atoms with E-state index in [4.69, 9.17) is 15.2 Å². The van der Waals surface area contributed by atoms with Crippen LogP contribution < -0.4 is 11.1 Å². The summed E-state index contributed by atoms with van der Waals surface area (Å²) in [7, 11) is 1.59. The maximum Gasteiger partial charge on any atom is 0.246 e. The maximum atomic E-state index is 11.4. The normalized spacial score (nSPS) is 11.5. The number of hydrogen-bond donors (Lipinski definition) is 2. The van der Waals surface area contributed by atoms with Gasteiger partial charge in [0.05, 0.1) is 12.2 Å². The van der Waals surface area contributed by atoms with Crippen LogP contribution in [0.5, 0.6) is 0 Å². The van der Waals surface area contributed by atoms with Crippen molar-refractivity contribution in [1.29, 1.82) is 0 Å². The molecule has 5 heteroatoms. The molecular formula is C11H24N2O3. The highest BCUT2D eigenvalue weighted by atomic mass is 16.5. The van der Waals surface area contributed by atoms with Crippen LogP contribution in [0.15, 0.2) is 0 Å². The second-order valence-electron chi connectivity index (χ2n) is 3.73. The molecule has 0 atom stereocenters. The van der Waals surface area contributed by atoms with Gasteiger partial charge in [0.15, 0.2) is 0 Å². The number of methoxy groups -OCH3 is 1. The summed E-state index contributed by atoms with van der Waals surface area (Å²) in [5.74, 6) is -0.128. The molecule has 0 spiro atoms. The fraction of sp³-hybridized carbons (Fsp3) is 0.909. The Balaban J connectivity index is 3.87. The molecule has 0 aromatic rings. The molecule has 3 N–H and O–H groups in total. The Morgan fingerprint density at radius 3 is 2.44 bits per heavy atom. The fourth-order valence-corrected chi connectivity index (χ4v) is 1.36. The second kappa shape index (κ2) is 8.50. The number of amides is 1. The third kappa shape index (κ3) is 5.44. The lowest BCUT2D eigenvalue weighted by Gasteiger charge is -2.30. The topological polar surface area (TPSA) is 73.6 Å². The molecule has 0 aliphatic rings. The molecule has 0 saturated heterocycles. The van der Waals surface area contributed by atoms with Crippen LogP contribution in [-0.4, -0.2) is 44.9 Å². The Morgan fingerprint density at radius 1 is 1.38 bits per heavy atom. The quantitative estimate of drug-likeness (QED) is 0.560. The molecule has 0 heterocycles. The van der Waals surface area contributed by atoms with Gasteiger partial charge in [-0.05, 0) is 12.8 Å². The minimum atomic E-state index is -0.363. The lowest BCUT2D eigenvalue weighted by Crippen LogP contribution is -2.43. The van der Waals surface area contributed by atoms with Crippen molar-refractivity contribution in [3.63, 3.8) is 0 Å². The molecule has 0 fully saturated rings. The highest BCUT2D eigenvalue weighted by Gasteiger charge is 2.25. The monoisotopic (exact) mass is 232 g/mol. The molecule has 0 aromatic carbocycles. The van der Waals surface area contributed by atoms with E-state index in [0.29, 0.717) is 19.7 Å². The Hall–Kier alpha value is -0.650. The number of carbonyl (C=O) groups is 1. The third-order valence-electron chi connectivity index (χ3n) is 2.80. The Bertz CT molecular complexity index is 185. The van der Waals surface area contributed by atoms with Crippen molar-refractivity contribution in [3.05, 3.63) is 0 Å². The molecule has 0 aromatic heterocycles. The molecule has 0 aliphatic carbocycles. The first-order chi connectivity index (χ1) is 7.64. The van der Waals surface area contributed by atoms with Gasteiger partial charge in [0, 0.05) is 20.2 Å². The average Bonchev–Trinajstić information content (AvgIpc) is 2.32. The van der Waals surface area contributed by atoms with Gasteiger partial charge in [-0.15, -0.1) is 0 Å². The van der Waals surface area contributed by atoms with Gasteiger partial charge in [0.2, 0.25) is 5.91 Å². The summed E-state index contributed by atoms with van der Waals surface area (Å²) in [6, 6.07) is 0. The Labute approximate surface area is 97.7 Å². The van der Waals surface area contributed by atoms with Gasteiger partial charge in [-0.1, -0.05) is 13.8 Å². The van der Waals surface area contributed by atoms with Crippen molar-refractivity contribution in [2.24, 2.45) is 5.73 Å². The number of carbonyl (C=O) groups excluding carboxylic acids is 1. The first-order valence-electron chi connectivity index (χ1n) is 5.73. The van der Waals surface area contributed by atoms with Gasteiger partial charge in [-0.3, -0.25) is 4.79 Å². The van der Waals surface area contributed by atoms with Gasteiger partial charge in [-0.25, -0.2) is 0 Å². The first kappa shape index (κ1) is 15.3. The van der Waals surface area contributed by atoms with Gasteiger partial charge in [-0.2, -0.15) is 0 Å². The second-order valence-corrected chi connectivity index (χ2v) is 3.73. The average molecular weight is 232 g/mol. The summed E-state index contributed by atoms with van der Waals surface area (Å²) in [4.78, 5) is 11.4. The van der Waals surface area contributed by atoms with E-state index in [0.717, 1.165) is 12.8 Å². The zero-order chi connectivity index (χ0) is 12.4. The molecule has 16 heavy (non-hydrogen) atoms. The molecule has 0 bridgehead atoms. The van der Waals surface area contributed by atoms with E-state index in [1.165, 1.54) is 0 Å². The number of nitrogens with one attached hydrogen (secondary N) is 1. The number of rotatable bonds is 9. The molecule has 0 rings (SSSR count). The first-order valence-corrected chi connectivity index (χ1v) is 5.73. The van der Waals surface area contributed by atoms with Gasteiger partial charge in [0.1, 0.15) is 6.61 Å². The molecule has 1 amide bonds. The van der Waals surface area contributed by atoms with Crippen molar-refractivity contribution in [1.82, 2.24) is 5.32 Å². The van der Waals surface area contributed by atoms with Crippen LogP contribution in [0.25, 0.3) is 0 Å². The van der Waals surface area contributed by atoms with E-state index in [-0.39, 0.29) is 18.1 Å². The minimum absolute atomic E-state index is 0.0581. The van der Waals surface area contributed by atoms with Gasteiger partial charge < -0.3 is 20.5 Å². The highest BCUT2D eigenvalue weighted by molar-refractivity contribution is 5.77. The molecule has 0 unspecified atom stereocenters. The zero-order valence-corrected chi connectivity index (χ0v) is 10.5. The highest BCUT2D eigenvalue weighted by Crippen LogP contribution is 2.18. The van der Waals surface area contributed by atoms with Crippen LogP contribution in [0.2, 0.25) is 0 Å². The van der Waals surface area contributed by atoms with Crippen LogP contribution in [0.4, 0.5) is 0 Å². The van der Waals surface area contributed by atoms with E-state index >= 15 is 0 Å². The largest absolute Gasteiger partial charge is 0.383 e. The molecule has 0 aliphatic heterocycles. The molecule has 5 nitrogen and oxygen atoms in total. The maximum absolute atomic E-state index is 11.4. The molecule has 96 valence electrons. The molecular weight excluding hydrogens is 208 g/mol. The standard InChI is InChI=1S/C11H24N2O3/c1-4-11(5-2,9-12)16-8-10(14)13-6-7-15-3/h4-9,12H2,1-3H3,(H,13,14). The molecule has 0 radical (unpaired) electrons. The lowest BCUT2D eigenvalue weighted by molar-refractivity contribution is -0.133. The van der Waals surface area contributed by atoms with Crippen molar-refractivity contribution in [2.75, 3.05) is 33.4 Å². The van der Waals surface area contributed by atoms with E-state index in [9.17, 15) is 4.79 Å². The summed E-state index contributed by atoms with van der Waals surface area (Å²) in [5.41, 5.74) is 5.30. The third-order valence-corrected chi connectivity index (χ3v) is 2.80. The predicted molar refractivity (Wildman–Crippen MR) is 63.2 cm³/mol. The Kier molecular flexibility index (Phi) is 8.15. The number of nitrogens with two attached hydrogens (primary N) is 1. The smallest absolute Gasteiger partial charge is 0.246 e. The van der Waals surface area contributed by atoms with Crippen molar-refractivity contribution < 1.29 is 14.3 Å².